The molecule has 0 atom stereocenters. The summed E-state index contributed by atoms with van der Waals surface area (Å²) in [5.74, 6) is 0.284. The van der Waals surface area contributed by atoms with Gasteiger partial charge in [-0.05, 0) is 18.2 Å². The number of hydrogen-bond acceptors (Lipinski definition) is 2. The Morgan fingerprint density at radius 1 is 1.47 bits per heavy atom. The second-order valence-electron chi connectivity index (χ2n) is 4.25. The van der Waals surface area contributed by atoms with E-state index in [1.54, 1.807) is 6.07 Å². The molecule has 0 N–H and O–H groups in total. The summed E-state index contributed by atoms with van der Waals surface area (Å²) in [5.41, 5.74) is 1.08. The van der Waals surface area contributed by atoms with Crippen LogP contribution in [0.2, 0.25) is 0 Å². The Morgan fingerprint density at radius 2 is 2.12 bits per heavy atom. The average molecular weight is 300 g/mol. The summed E-state index contributed by atoms with van der Waals surface area (Å²) in [6.07, 6.45) is 1.87. The van der Waals surface area contributed by atoms with Crippen molar-refractivity contribution in [3.63, 3.8) is 0 Å². The van der Waals surface area contributed by atoms with Gasteiger partial charge in [0.05, 0.1) is 14.1 Å². The number of quaternary nitrogens is 1. The molecule has 0 aliphatic heterocycles. The molecule has 0 amide bonds. The van der Waals surface area contributed by atoms with Crippen LogP contribution in [0.3, 0.4) is 0 Å². The van der Waals surface area contributed by atoms with Gasteiger partial charge in [-0.25, -0.2) is 0 Å². The molecule has 0 fully saturated rings. The molecule has 3 nitrogen and oxygen atoms in total. The van der Waals surface area contributed by atoms with E-state index in [0.29, 0.717) is 10.2 Å². The predicted octanol–water partition coefficient (Wildman–Crippen LogP) is -0.631. The lowest BCUT2D eigenvalue weighted by Crippen LogP contribution is -3.00. The fraction of sp³-hybridized carbons (Fsp3) is 0.308. The summed E-state index contributed by atoms with van der Waals surface area (Å²) >= 11 is 0. The number of rotatable bonds is 4. The molecule has 0 spiro atoms. The zero-order valence-corrected chi connectivity index (χ0v) is 12.0. The molecule has 4 heteroatoms. The highest BCUT2D eigenvalue weighted by atomic mass is 79.9. The predicted molar refractivity (Wildman–Crippen MR) is 66.5 cm³/mol. The van der Waals surface area contributed by atoms with Crippen molar-refractivity contribution in [2.75, 3.05) is 20.6 Å². The van der Waals surface area contributed by atoms with E-state index in [1.807, 2.05) is 24.3 Å². The third-order valence-electron chi connectivity index (χ3n) is 2.36. The zero-order valence-electron chi connectivity index (χ0n) is 10.4. The minimum absolute atomic E-state index is 0. The molecule has 0 radical (unpaired) electrons. The van der Waals surface area contributed by atoms with Gasteiger partial charge < -0.3 is 21.7 Å². The van der Waals surface area contributed by atoms with E-state index in [1.165, 1.54) is 6.92 Å². The van der Waals surface area contributed by atoms with E-state index in [9.17, 15) is 4.79 Å². The molecular weight excluding hydrogens is 282 g/mol. The molecule has 17 heavy (non-hydrogen) atoms. The minimum atomic E-state index is -0.300. The van der Waals surface area contributed by atoms with Crippen molar-refractivity contribution in [3.8, 4) is 5.75 Å². The highest BCUT2D eigenvalue weighted by Crippen LogP contribution is 2.24. The Morgan fingerprint density at radius 3 is 2.65 bits per heavy atom. The van der Waals surface area contributed by atoms with Crippen LogP contribution in [0.5, 0.6) is 5.75 Å². The van der Waals surface area contributed by atoms with Crippen molar-refractivity contribution >= 4 is 11.7 Å². The third-order valence-corrected chi connectivity index (χ3v) is 2.36. The number of esters is 1. The molecule has 0 saturated heterocycles. The molecule has 0 bridgehead atoms. The first kappa shape index (κ1) is 15.9. The molecule has 0 unspecified atom stereocenters. The molecule has 1 rings (SSSR count). The topological polar surface area (TPSA) is 26.3 Å². The number of benzene rings is 1. The molecule has 1 aromatic carbocycles. The zero-order chi connectivity index (χ0) is 12.2. The number of likely N-dealkylation sites (N-methyl/N-ethyl adjacent to an activating group) is 1. The van der Waals surface area contributed by atoms with Crippen molar-refractivity contribution in [3.05, 3.63) is 36.9 Å². The largest absolute Gasteiger partial charge is 1.00 e. The van der Waals surface area contributed by atoms with Crippen LogP contribution in [-0.2, 0) is 4.79 Å². The van der Waals surface area contributed by atoms with Gasteiger partial charge in [0.15, 0.2) is 0 Å². The summed E-state index contributed by atoms with van der Waals surface area (Å²) in [4.78, 5) is 10.9. The van der Waals surface area contributed by atoms with Gasteiger partial charge in [0.25, 0.3) is 0 Å². The van der Waals surface area contributed by atoms with Crippen LogP contribution >= 0.6 is 0 Å². The van der Waals surface area contributed by atoms with E-state index < -0.39 is 0 Å². The highest BCUT2D eigenvalue weighted by Gasteiger charge is 2.17. The van der Waals surface area contributed by atoms with Gasteiger partial charge in [-0.15, -0.1) is 0 Å². The molecular formula is C13H18BrNO2. The van der Waals surface area contributed by atoms with Gasteiger partial charge in [-0.1, -0.05) is 12.6 Å². The van der Waals surface area contributed by atoms with Crippen LogP contribution in [-0.4, -0.2) is 26.6 Å². The summed E-state index contributed by atoms with van der Waals surface area (Å²) < 4.78 is 5.73. The van der Waals surface area contributed by atoms with E-state index in [0.717, 1.165) is 12.2 Å². The second-order valence-corrected chi connectivity index (χ2v) is 4.25. The van der Waals surface area contributed by atoms with E-state index in [-0.39, 0.29) is 23.0 Å². The molecule has 0 aliphatic carbocycles. The lowest BCUT2D eigenvalue weighted by atomic mass is 10.2. The fourth-order valence-corrected chi connectivity index (χ4v) is 1.52. The third kappa shape index (κ3) is 4.71. The molecule has 0 aliphatic rings. The first-order chi connectivity index (χ1) is 7.45. The van der Waals surface area contributed by atoms with Crippen LogP contribution < -0.4 is 26.2 Å². The highest BCUT2D eigenvalue weighted by molar-refractivity contribution is 5.69. The van der Waals surface area contributed by atoms with Crippen LogP contribution in [0.25, 0.3) is 0 Å². The van der Waals surface area contributed by atoms with Gasteiger partial charge in [-0.2, -0.15) is 0 Å². The number of halogens is 1. The van der Waals surface area contributed by atoms with E-state index >= 15 is 0 Å². The summed E-state index contributed by atoms with van der Waals surface area (Å²) in [6, 6.07) is 7.55. The summed E-state index contributed by atoms with van der Waals surface area (Å²) in [5, 5.41) is 0. The summed E-state index contributed by atoms with van der Waals surface area (Å²) in [7, 11) is 4.16. The maximum absolute atomic E-state index is 10.9. The van der Waals surface area contributed by atoms with E-state index in [2.05, 4.69) is 20.7 Å². The van der Waals surface area contributed by atoms with Crippen LogP contribution in [0.15, 0.2) is 36.9 Å². The van der Waals surface area contributed by atoms with Crippen molar-refractivity contribution in [1.29, 1.82) is 0 Å². The molecule has 0 aromatic heterocycles. The second kappa shape index (κ2) is 6.57. The van der Waals surface area contributed by atoms with Crippen molar-refractivity contribution in [1.82, 2.24) is 4.48 Å². The number of ether oxygens (including phenoxy) is 1. The lowest BCUT2D eigenvalue weighted by Gasteiger charge is -2.27. The molecule has 0 heterocycles. The Balaban J connectivity index is 0.00000256. The number of carbonyl (C=O) groups is 1. The normalized spacial score (nSPS) is 10.3. The molecule has 1 aromatic rings. The standard InChI is InChI=1S/C13H18NO2.BrH/c1-5-9-14(3,4)12-7-6-8-13(10-12)16-11(2)15;/h5-8,10H,1,9H2,2-4H3;1H/q+1;/p-1. The fourth-order valence-electron chi connectivity index (χ4n) is 1.52. The number of carbonyl (C=O) groups excluding carboxylic acids is 1. The van der Waals surface area contributed by atoms with Crippen LogP contribution in [0, 0.1) is 0 Å². The van der Waals surface area contributed by atoms with Gasteiger partial charge in [0.1, 0.15) is 18.0 Å². The monoisotopic (exact) mass is 299 g/mol. The number of nitrogens with zero attached hydrogens (tertiary/aromatic N) is 1. The Labute approximate surface area is 113 Å². The van der Waals surface area contributed by atoms with Gasteiger partial charge in [0, 0.05) is 13.0 Å². The average Bonchev–Trinajstić information content (AvgIpc) is 2.17. The number of hydrogen-bond donors (Lipinski definition) is 0. The van der Waals surface area contributed by atoms with Crippen molar-refractivity contribution in [2.45, 2.75) is 6.92 Å². The Kier molecular flexibility index (Phi) is 6.13. The van der Waals surface area contributed by atoms with Crippen LogP contribution in [0.1, 0.15) is 6.92 Å². The first-order valence-electron chi connectivity index (χ1n) is 5.18. The van der Waals surface area contributed by atoms with Gasteiger partial charge in [-0.3, -0.25) is 9.28 Å². The van der Waals surface area contributed by atoms with Crippen molar-refractivity contribution < 1.29 is 26.5 Å². The molecule has 94 valence electrons. The van der Waals surface area contributed by atoms with Gasteiger partial charge in [0.2, 0.25) is 0 Å². The Bertz CT molecular complexity index is 402. The Hall–Kier alpha value is -1.13. The maximum atomic E-state index is 10.9. The maximum Gasteiger partial charge on any atom is 0.308 e. The molecule has 0 saturated carbocycles. The smallest absolute Gasteiger partial charge is 0.308 e. The van der Waals surface area contributed by atoms with Gasteiger partial charge >= 0.3 is 5.97 Å². The minimum Gasteiger partial charge on any atom is -1.00 e. The van der Waals surface area contributed by atoms with Crippen molar-refractivity contribution in [2.24, 2.45) is 0 Å². The van der Waals surface area contributed by atoms with E-state index in [4.69, 9.17) is 4.74 Å². The SMILES string of the molecule is C=CC[N+](C)(C)c1cccc(OC(C)=O)c1.[Br-]. The lowest BCUT2D eigenvalue weighted by molar-refractivity contribution is -0.131. The first-order valence-corrected chi connectivity index (χ1v) is 5.18. The summed E-state index contributed by atoms with van der Waals surface area (Å²) in [6.45, 7) is 5.96. The quantitative estimate of drug-likeness (QED) is 0.320. The van der Waals surface area contributed by atoms with Crippen LogP contribution in [0.4, 0.5) is 5.69 Å².